The number of amides is 1. The average Bonchev–Trinajstić information content (AvgIpc) is 2.44. The SMILES string of the molecule is C[C@H](Nc1ccc(Cl)cc1)C(=O)Nc1ccc(F)cc1Cl. The van der Waals surface area contributed by atoms with Gasteiger partial charge >= 0.3 is 0 Å². The van der Waals surface area contributed by atoms with Crippen LogP contribution in [0.2, 0.25) is 10.0 Å². The average molecular weight is 327 g/mol. The van der Waals surface area contributed by atoms with E-state index in [1.165, 1.54) is 12.1 Å². The van der Waals surface area contributed by atoms with Crippen molar-refractivity contribution in [2.24, 2.45) is 0 Å². The Kier molecular flexibility index (Phi) is 5.04. The lowest BCUT2D eigenvalue weighted by atomic mass is 10.2. The van der Waals surface area contributed by atoms with Gasteiger partial charge in [0.05, 0.1) is 10.7 Å². The van der Waals surface area contributed by atoms with Gasteiger partial charge in [0.2, 0.25) is 5.91 Å². The van der Waals surface area contributed by atoms with Crippen molar-refractivity contribution in [3.63, 3.8) is 0 Å². The Balaban J connectivity index is 2.00. The summed E-state index contributed by atoms with van der Waals surface area (Å²) in [4.78, 5) is 12.1. The van der Waals surface area contributed by atoms with Crippen LogP contribution in [0.25, 0.3) is 0 Å². The predicted octanol–water partition coefficient (Wildman–Crippen LogP) is 4.57. The van der Waals surface area contributed by atoms with Gasteiger partial charge in [-0.15, -0.1) is 0 Å². The van der Waals surface area contributed by atoms with E-state index in [0.29, 0.717) is 10.7 Å². The number of carbonyl (C=O) groups is 1. The molecule has 0 spiro atoms. The highest BCUT2D eigenvalue weighted by Crippen LogP contribution is 2.22. The lowest BCUT2D eigenvalue weighted by Crippen LogP contribution is -2.31. The monoisotopic (exact) mass is 326 g/mol. The van der Waals surface area contributed by atoms with Crippen LogP contribution >= 0.6 is 23.2 Å². The molecule has 0 bridgehead atoms. The van der Waals surface area contributed by atoms with Crippen molar-refractivity contribution in [1.29, 1.82) is 0 Å². The van der Waals surface area contributed by atoms with E-state index in [1.54, 1.807) is 31.2 Å². The molecule has 2 aromatic carbocycles. The van der Waals surface area contributed by atoms with Crippen LogP contribution in [-0.4, -0.2) is 11.9 Å². The number of anilines is 2. The molecular weight excluding hydrogens is 314 g/mol. The van der Waals surface area contributed by atoms with Crippen LogP contribution in [0, 0.1) is 5.82 Å². The number of hydrogen-bond acceptors (Lipinski definition) is 2. The second-order valence-corrected chi connectivity index (χ2v) is 5.33. The number of nitrogens with one attached hydrogen (secondary N) is 2. The van der Waals surface area contributed by atoms with E-state index in [1.807, 2.05) is 0 Å². The number of benzene rings is 2. The van der Waals surface area contributed by atoms with Gasteiger partial charge < -0.3 is 10.6 Å². The maximum Gasteiger partial charge on any atom is 0.246 e. The number of halogens is 3. The molecule has 0 radical (unpaired) electrons. The van der Waals surface area contributed by atoms with E-state index in [9.17, 15) is 9.18 Å². The Hall–Kier alpha value is -1.78. The van der Waals surface area contributed by atoms with Crippen LogP contribution in [0.3, 0.4) is 0 Å². The molecule has 3 nitrogen and oxygen atoms in total. The van der Waals surface area contributed by atoms with Gasteiger partial charge in [0.1, 0.15) is 11.9 Å². The molecule has 0 saturated carbocycles. The van der Waals surface area contributed by atoms with Crippen LogP contribution in [-0.2, 0) is 4.79 Å². The van der Waals surface area contributed by atoms with Crippen molar-refractivity contribution < 1.29 is 9.18 Å². The molecule has 0 heterocycles. The van der Waals surface area contributed by atoms with Gasteiger partial charge in [-0.25, -0.2) is 4.39 Å². The third-order valence-electron chi connectivity index (χ3n) is 2.81. The molecule has 1 amide bonds. The summed E-state index contributed by atoms with van der Waals surface area (Å²) >= 11 is 11.7. The molecule has 0 aliphatic heterocycles. The molecule has 0 saturated heterocycles. The van der Waals surface area contributed by atoms with Crippen molar-refractivity contribution in [3.05, 3.63) is 58.3 Å². The Labute approximate surface area is 132 Å². The summed E-state index contributed by atoms with van der Waals surface area (Å²) in [6, 6.07) is 10.3. The molecule has 2 aromatic rings. The zero-order chi connectivity index (χ0) is 15.4. The van der Waals surface area contributed by atoms with Gasteiger partial charge in [-0.05, 0) is 49.4 Å². The molecule has 1 atom stereocenters. The largest absolute Gasteiger partial charge is 0.374 e. The van der Waals surface area contributed by atoms with E-state index in [4.69, 9.17) is 23.2 Å². The summed E-state index contributed by atoms with van der Waals surface area (Å²) in [6.45, 7) is 1.71. The minimum atomic E-state index is -0.493. The summed E-state index contributed by atoms with van der Waals surface area (Å²) in [5.74, 6) is -0.733. The van der Waals surface area contributed by atoms with Gasteiger partial charge in [-0.3, -0.25) is 4.79 Å². The maximum absolute atomic E-state index is 12.9. The van der Waals surface area contributed by atoms with Gasteiger partial charge in [0, 0.05) is 10.7 Å². The van der Waals surface area contributed by atoms with Crippen molar-refractivity contribution >= 4 is 40.5 Å². The predicted molar refractivity (Wildman–Crippen MR) is 84.6 cm³/mol. The topological polar surface area (TPSA) is 41.1 Å². The van der Waals surface area contributed by atoms with Crippen LogP contribution in [0.5, 0.6) is 0 Å². The third-order valence-corrected chi connectivity index (χ3v) is 3.37. The Morgan fingerprint density at radius 1 is 1.14 bits per heavy atom. The number of rotatable bonds is 4. The first-order valence-electron chi connectivity index (χ1n) is 6.24. The quantitative estimate of drug-likeness (QED) is 0.863. The molecule has 2 N–H and O–H groups in total. The minimum absolute atomic E-state index is 0.155. The van der Waals surface area contributed by atoms with E-state index < -0.39 is 11.9 Å². The molecule has 6 heteroatoms. The maximum atomic E-state index is 12.9. The molecule has 110 valence electrons. The van der Waals surface area contributed by atoms with Gasteiger partial charge in [0.15, 0.2) is 0 Å². The lowest BCUT2D eigenvalue weighted by Gasteiger charge is -2.16. The summed E-state index contributed by atoms with van der Waals surface area (Å²) in [5, 5.41) is 6.45. The molecule has 0 aromatic heterocycles. The molecule has 0 unspecified atom stereocenters. The van der Waals surface area contributed by atoms with Crippen molar-refractivity contribution in [3.8, 4) is 0 Å². The lowest BCUT2D eigenvalue weighted by molar-refractivity contribution is -0.116. The Bertz CT molecular complexity index is 647. The fourth-order valence-corrected chi connectivity index (χ4v) is 2.03. The fraction of sp³-hybridized carbons (Fsp3) is 0.133. The molecular formula is C15H13Cl2FN2O. The van der Waals surface area contributed by atoms with Crippen LogP contribution in [0.1, 0.15) is 6.92 Å². The van der Waals surface area contributed by atoms with E-state index >= 15 is 0 Å². The molecule has 0 aliphatic rings. The van der Waals surface area contributed by atoms with Crippen molar-refractivity contribution in [1.82, 2.24) is 0 Å². The second-order valence-electron chi connectivity index (χ2n) is 4.49. The van der Waals surface area contributed by atoms with Gasteiger partial charge in [0.25, 0.3) is 0 Å². The van der Waals surface area contributed by atoms with E-state index in [-0.39, 0.29) is 10.9 Å². The first-order chi connectivity index (χ1) is 9.95. The zero-order valence-electron chi connectivity index (χ0n) is 11.2. The normalized spacial score (nSPS) is 11.8. The van der Waals surface area contributed by atoms with E-state index in [2.05, 4.69) is 10.6 Å². The summed E-state index contributed by atoms with van der Waals surface area (Å²) in [6.07, 6.45) is 0. The highest BCUT2D eigenvalue weighted by atomic mass is 35.5. The summed E-state index contributed by atoms with van der Waals surface area (Å²) < 4.78 is 12.9. The first-order valence-corrected chi connectivity index (χ1v) is 6.99. The molecule has 2 rings (SSSR count). The Morgan fingerprint density at radius 2 is 1.81 bits per heavy atom. The van der Waals surface area contributed by atoms with Crippen LogP contribution < -0.4 is 10.6 Å². The zero-order valence-corrected chi connectivity index (χ0v) is 12.7. The fourth-order valence-electron chi connectivity index (χ4n) is 1.69. The molecule has 0 aliphatic carbocycles. The van der Waals surface area contributed by atoms with E-state index in [0.717, 1.165) is 11.8 Å². The number of carbonyl (C=O) groups excluding carboxylic acids is 1. The third kappa shape index (κ3) is 4.34. The highest BCUT2D eigenvalue weighted by Gasteiger charge is 2.14. The minimum Gasteiger partial charge on any atom is -0.374 e. The summed E-state index contributed by atoms with van der Waals surface area (Å²) in [5.41, 5.74) is 1.14. The first kappa shape index (κ1) is 15.6. The van der Waals surface area contributed by atoms with Crippen LogP contribution in [0.4, 0.5) is 15.8 Å². The smallest absolute Gasteiger partial charge is 0.246 e. The summed E-state index contributed by atoms with van der Waals surface area (Å²) in [7, 11) is 0. The van der Waals surface area contributed by atoms with Gasteiger partial charge in [-0.2, -0.15) is 0 Å². The van der Waals surface area contributed by atoms with Gasteiger partial charge in [-0.1, -0.05) is 23.2 Å². The Morgan fingerprint density at radius 3 is 2.43 bits per heavy atom. The standard InChI is InChI=1S/C15H13Cl2FN2O/c1-9(19-12-5-2-10(16)3-6-12)15(21)20-14-7-4-11(18)8-13(14)17/h2-9,19H,1H3,(H,20,21)/t9-/m0/s1. The highest BCUT2D eigenvalue weighted by molar-refractivity contribution is 6.33. The number of hydrogen-bond donors (Lipinski definition) is 2. The van der Waals surface area contributed by atoms with Crippen molar-refractivity contribution in [2.45, 2.75) is 13.0 Å². The molecule has 21 heavy (non-hydrogen) atoms. The van der Waals surface area contributed by atoms with Crippen molar-refractivity contribution in [2.75, 3.05) is 10.6 Å². The second kappa shape index (κ2) is 6.78. The van der Waals surface area contributed by atoms with Crippen LogP contribution in [0.15, 0.2) is 42.5 Å². The molecule has 0 fully saturated rings.